The normalized spacial score (nSPS) is 15.3. The molecule has 1 aliphatic rings. The van der Waals surface area contributed by atoms with Gasteiger partial charge in [-0.25, -0.2) is 0 Å². The quantitative estimate of drug-likeness (QED) is 0.900. The van der Waals surface area contributed by atoms with Crippen LogP contribution in [0.5, 0.6) is 0 Å². The van der Waals surface area contributed by atoms with Gasteiger partial charge in [-0.3, -0.25) is 0 Å². The molecular formula is C17H20N2. The first kappa shape index (κ1) is 12.2. The third-order valence-corrected chi connectivity index (χ3v) is 3.83. The molecule has 0 radical (unpaired) electrons. The summed E-state index contributed by atoms with van der Waals surface area (Å²) in [5, 5.41) is 3.18. The number of nitrogens with zero attached hydrogens (tertiary/aromatic N) is 1. The molecular weight excluding hydrogens is 232 g/mol. The van der Waals surface area contributed by atoms with E-state index in [1.807, 2.05) is 7.05 Å². The van der Waals surface area contributed by atoms with Gasteiger partial charge in [0.15, 0.2) is 0 Å². The monoisotopic (exact) mass is 252 g/mol. The van der Waals surface area contributed by atoms with E-state index in [0.29, 0.717) is 5.92 Å². The minimum Gasteiger partial charge on any atom is -0.370 e. The predicted molar refractivity (Wildman–Crippen MR) is 80.6 cm³/mol. The van der Waals surface area contributed by atoms with E-state index in [1.54, 1.807) is 0 Å². The van der Waals surface area contributed by atoms with Crippen LogP contribution in [0.3, 0.4) is 0 Å². The molecule has 2 aromatic rings. The molecule has 0 unspecified atom stereocenters. The molecule has 0 aliphatic carbocycles. The van der Waals surface area contributed by atoms with Crippen LogP contribution in [0.15, 0.2) is 54.6 Å². The molecule has 1 saturated heterocycles. The molecule has 1 N–H and O–H groups in total. The van der Waals surface area contributed by atoms with Crippen molar-refractivity contribution in [2.75, 3.05) is 25.0 Å². The van der Waals surface area contributed by atoms with Crippen molar-refractivity contribution in [1.82, 2.24) is 5.32 Å². The molecule has 1 heterocycles. The molecule has 1 fully saturated rings. The summed E-state index contributed by atoms with van der Waals surface area (Å²) in [6.07, 6.45) is 0. The van der Waals surface area contributed by atoms with Crippen molar-refractivity contribution < 1.29 is 0 Å². The fourth-order valence-electron chi connectivity index (χ4n) is 2.65. The first-order valence-electron chi connectivity index (χ1n) is 6.90. The van der Waals surface area contributed by atoms with Crippen molar-refractivity contribution in [3.8, 4) is 0 Å². The number of hydrogen-bond acceptors (Lipinski definition) is 2. The Morgan fingerprint density at radius 2 is 1.68 bits per heavy atom. The lowest BCUT2D eigenvalue weighted by Gasteiger charge is -2.41. The topological polar surface area (TPSA) is 15.3 Å². The average molecular weight is 252 g/mol. The summed E-state index contributed by atoms with van der Waals surface area (Å²) in [6.45, 7) is 3.21. The van der Waals surface area contributed by atoms with Crippen LogP contribution < -0.4 is 10.2 Å². The van der Waals surface area contributed by atoms with Crippen molar-refractivity contribution >= 4 is 5.69 Å². The molecule has 0 saturated carbocycles. The van der Waals surface area contributed by atoms with Gasteiger partial charge in [0.1, 0.15) is 0 Å². The lowest BCUT2D eigenvalue weighted by Crippen LogP contribution is -2.45. The molecule has 1 aliphatic heterocycles. The number of benzene rings is 2. The number of nitrogens with one attached hydrogen (secondary N) is 1. The summed E-state index contributed by atoms with van der Waals surface area (Å²) >= 11 is 0. The summed E-state index contributed by atoms with van der Waals surface area (Å²) in [6, 6.07) is 19.7. The van der Waals surface area contributed by atoms with Crippen LogP contribution in [0.25, 0.3) is 0 Å². The van der Waals surface area contributed by atoms with Crippen LogP contribution in [-0.4, -0.2) is 20.1 Å². The van der Waals surface area contributed by atoms with Crippen molar-refractivity contribution in [1.29, 1.82) is 0 Å². The average Bonchev–Trinajstić information content (AvgIpc) is 2.41. The van der Waals surface area contributed by atoms with E-state index in [2.05, 4.69) is 64.8 Å². The first-order chi connectivity index (χ1) is 9.36. The lowest BCUT2D eigenvalue weighted by molar-refractivity contribution is 0.525. The Balaban J connectivity index is 1.61. The molecule has 0 spiro atoms. The molecule has 98 valence electrons. The van der Waals surface area contributed by atoms with Gasteiger partial charge >= 0.3 is 0 Å². The fourth-order valence-corrected chi connectivity index (χ4v) is 2.65. The highest BCUT2D eigenvalue weighted by atomic mass is 15.2. The number of rotatable bonds is 4. The highest BCUT2D eigenvalue weighted by Gasteiger charge is 2.27. The fraction of sp³-hybridized carbons (Fsp3) is 0.294. The zero-order valence-electron chi connectivity index (χ0n) is 11.3. The number of hydrogen-bond donors (Lipinski definition) is 1. The van der Waals surface area contributed by atoms with E-state index >= 15 is 0 Å². The predicted octanol–water partition coefficient (Wildman–Crippen LogP) is 3.01. The molecule has 0 amide bonds. The maximum atomic E-state index is 3.18. The Bertz CT molecular complexity index is 513. The van der Waals surface area contributed by atoms with Crippen LogP contribution in [0.1, 0.15) is 17.0 Å². The van der Waals surface area contributed by atoms with Crippen molar-refractivity contribution in [3.63, 3.8) is 0 Å². The van der Waals surface area contributed by atoms with Crippen LogP contribution in [0, 0.1) is 0 Å². The number of anilines is 1. The summed E-state index contributed by atoms with van der Waals surface area (Å²) in [5.74, 6) is 0.693. The van der Waals surface area contributed by atoms with Gasteiger partial charge in [0.2, 0.25) is 0 Å². The Kier molecular flexibility index (Phi) is 3.51. The zero-order valence-corrected chi connectivity index (χ0v) is 11.3. The Morgan fingerprint density at radius 1 is 1.00 bits per heavy atom. The third kappa shape index (κ3) is 2.64. The Morgan fingerprint density at radius 3 is 2.32 bits per heavy atom. The Labute approximate surface area is 115 Å². The summed E-state index contributed by atoms with van der Waals surface area (Å²) < 4.78 is 0. The highest BCUT2D eigenvalue weighted by molar-refractivity contribution is 5.51. The molecule has 2 heteroatoms. The van der Waals surface area contributed by atoms with Gasteiger partial charge in [-0.05, 0) is 30.3 Å². The summed E-state index contributed by atoms with van der Waals surface area (Å²) in [5.41, 5.74) is 4.14. The minimum atomic E-state index is 0.693. The molecule has 19 heavy (non-hydrogen) atoms. The van der Waals surface area contributed by atoms with Gasteiger partial charge in [0.25, 0.3) is 0 Å². The first-order valence-corrected chi connectivity index (χ1v) is 6.90. The van der Waals surface area contributed by atoms with E-state index in [-0.39, 0.29) is 0 Å². The van der Waals surface area contributed by atoms with Gasteiger partial charge in [-0.1, -0.05) is 42.5 Å². The highest BCUT2D eigenvalue weighted by Crippen LogP contribution is 2.31. The van der Waals surface area contributed by atoms with Crippen molar-refractivity contribution in [2.24, 2.45) is 0 Å². The van der Waals surface area contributed by atoms with Crippen LogP contribution in [-0.2, 0) is 6.54 Å². The molecule has 0 atom stereocenters. The smallest absolute Gasteiger partial charge is 0.0366 e. The molecule has 3 rings (SSSR count). The van der Waals surface area contributed by atoms with Crippen molar-refractivity contribution in [2.45, 2.75) is 12.5 Å². The van der Waals surface area contributed by atoms with Crippen LogP contribution in [0.2, 0.25) is 0 Å². The van der Waals surface area contributed by atoms with Gasteiger partial charge < -0.3 is 10.2 Å². The standard InChI is InChI=1S/C17H20N2/c1-18-11-14-7-9-17(10-8-14)19-12-16(13-19)15-5-3-2-4-6-15/h2-10,16,18H,11-13H2,1H3. The van der Waals surface area contributed by atoms with Crippen molar-refractivity contribution in [3.05, 3.63) is 65.7 Å². The van der Waals surface area contributed by atoms with E-state index < -0.39 is 0 Å². The van der Waals surface area contributed by atoms with E-state index in [9.17, 15) is 0 Å². The van der Waals surface area contributed by atoms with Crippen LogP contribution >= 0.6 is 0 Å². The molecule has 2 nitrogen and oxygen atoms in total. The second kappa shape index (κ2) is 5.45. The van der Waals surface area contributed by atoms with Gasteiger partial charge in [0.05, 0.1) is 0 Å². The molecule has 0 aromatic heterocycles. The third-order valence-electron chi connectivity index (χ3n) is 3.83. The van der Waals surface area contributed by atoms with Gasteiger partial charge in [0, 0.05) is 31.2 Å². The maximum absolute atomic E-state index is 3.18. The largest absolute Gasteiger partial charge is 0.370 e. The molecule has 2 aromatic carbocycles. The SMILES string of the molecule is CNCc1ccc(N2CC(c3ccccc3)C2)cc1. The minimum absolute atomic E-state index is 0.693. The van der Waals surface area contributed by atoms with E-state index in [4.69, 9.17) is 0 Å². The van der Waals surface area contributed by atoms with E-state index in [1.165, 1.54) is 16.8 Å². The lowest BCUT2D eigenvalue weighted by atomic mass is 9.91. The summed E-state index contributed by atoms with van der Waals surface area (Å²) in [4.78, 5) is 2.45. The maximum Gasteiger partial charge on any atom is 0.0366 e. The van der Waals surface area contributed by atoms with Gasteiger partial charge in [-0.2, -0.15) is 0 Å². The summed E-state index contributed by atoms with van der Waals surface area (Å²) in [7, 11) is 1.98. The zero-order chi connectivity index (χ0) is 13.1. The van der Waals surface area contributed by atoms with E-state index in [0.717, 1.165) is 19.6 Å². The van der Waals surface area contributed by atoms with Gasteiger partial charge in [-0.15, -0.1) is 0 Å². The Hall–Kier alpha value is -1.80. The van der Waals surface area contributed by atoms with Crippen LogP contribution in [0.4, 0.5) is 5.69 Å². The molecule has 0 bridgehead atoms. The second-order valence-electron chi connectivity index (χ2n) is 5.21. The second-order valence-corrected chi connectivity index (χ2v) is 5.21.